The van der Waals surface area contributed by atoms with Crippen LogP contribution in [0.2, 0.25) is 0 Å². The number of hydrogen-bond donors (Lipinski definition) is 1. The molecule has 2 aromatic carbocycles. The third kappa shape index (κ3) is 4.60. The van der Waals surface area contributed by atoms with Gasteiger partial charge < -0.3 is 5.73 Å². The van der Waals surface area contributed by atoms with Gasteiger partial charge in [-0.05, 0) is 59.8 Å². The van der Waals surface area contributed by atoms with Gasteiger partial charge in [0.25, 0.3) is 0 Å². The van der Waals surface area contributed by atoms with Gasteiger partial charge in [0.15, 0.2) is 0 Å². The Labute approximate surface area is 140 Å². The first-order chi connectivity index (χ1) is 9.90. The van der Waals surface area contributed by atoms with Crippen molar-refractivity contribution in [1.29, 1.82) is 0 Å². The maximum atomic E-state index is 5.72. The van der Waals surface area contributed by atoms with Gasteiger partial charge in [-0.1, -0.05) is 60.6 Å². The average molecular weight is 364 g/mol. The van der Waals surface area contributed by atoms with Crippen LogP contribution in [0, 0.1) is 0 Å². The Kier molecular flexibility index (Phi) is 5.53. The second kappa shape index (κ2) is 6.99. The summed E-state index contributed by atoms with van der Waals surface area (Å²) < 4.78 is 1.11. The highest BCUT2D eigenvalue weighted by molar-refractivity contribution is 9.10. The molecule has 1 nitrogen and oxygen atoms in total. The number of nitrogens with two attached hydrogens (primary N) is 1. The molecule has 0 saturated heterocycles. The first-order valence-electron chi connectivity index (χ1n) is 7.17. The van der Waals surface area contributed by atoms with Crippen LogP contribution in [0.5, 0.6) is 0 Å². The van der Waals surface area contributed by atoms with Crippen LogP contribution in [0.1, 0.15) is 31.9 Å². The van der Waals surface area contributed by atoms with E-state index in [0.717, 1.165) is 10.9 Å². The minimum absolute atomic E-state index is 0.200. The number of rotatable bonds is 4. The third-order valence-corrected chi connectivity index (χ3v) is 5.00. The zero-order valence-electron chi connectivity index (χ0n) is 12.8. The van der Waals surface area contributed by atoms with Gasteiger partial charge in [0.1, 0.15) is 0 Å². The second-order valence-electron chi connectivity index (χ2n) is 6.17. The summed E-state index contributed by atoms with van der Waals surface area (Å²) in [6.45, 7) is 7.39. The van der Waals surface area contributed by atoms with Gasteiger partial charge >= 0.3 is 0 Å². The fourth-order valence-electron chi connectivity index (χ4n) is 2.15. The van der Waals surface area contributed by atoms with E-state index in [1.54, 1.807) is 11.8 Å². The van der Waals surface area contributed by atoms with Crippen LogP contribution in [-0.4, -0.2) is 6.54 Å². The van der Waals surface area contributed by atoms with Gasteiger partial charge in [-0.3, -0.25) is 0 Å². The molecule has 0 bridgehead atoms. The maximum absolute atomic E-state index is 5.72. The molecule has 112 valence electrons. The molecule has 0 unspecified atom stereocenters. The molecule has 2 N–H and O–H groups in total. The van der Waals surface area contributed by atoms with Gasteiger partial charge in [-0.15, -0.1) is 0 Å². The van der Waals surface area contributed by atoms with Crippen molar-refractivity contribution >= 4 is 27.7 Å². The lowest BCUT2D eigenvalue weighted by molar-refractivity contribution is 0.590. The average Bonchev–Trinajstić information content (AvgIpc) is 2.42. The van der Waals surface area contributed by atoms with E-state index >= 15 is 0 Å². The molecule has 0 amide bonds. The molecule has 0 aliphatic rings. The number of benzene rings is 2. The highest BCUT2D eigenvalue weighted by Crippen LogP contribution is 2.33. The van der Waals surface area contributed by atoms with Crippen molar-refractivity contribution in [2.24, 2.45) is 5.73 Å². The molecule has 21 heavy (non-hydrogen) atoms. The summed E-state index contributed by atoms with van der Waals surface area (Å²) in [5, 5.41) is 0. The van der Waals surface area contributed by atoms with Gasteiger partial charge in [0, 0.05) is 14.3 Å². The smallest absolute Gasteiger partial charge is 0.0178 e. The van der Waals surface area contributed by atoms with Crippen LogP contribution < -0.4 is 5.73 Å². The highest BCUT2D eigenvalue weighted by Gasteiger charge is 2.13. The SMILES string of the molecule is CC(C)(C)c1ccc(Sc2ccc(Br)cc2CCN)cc1. The fraction of sp³-hybridized carbons (Fsp3) is 0.333. The molecule has 0 spiro atoms. The highest BCUT2D eigenvalue weighted by atomic mass is 79.9. The molecule has 0 aliphatic carbocycles. The van der Waals surface area contributed by atoms with Crippen LogP contribution >= 0.6 is 27.7 Å². The van der Waals surface area contributed by atoms with E-state index in [4.69, 9.17) is 5.73 Å². The molecular formula is C18H22BrNS. The lowest BCUT2D eigenvalue weighted by Crippen LogP contribution is -2.10. The Morgan fingerprint density at radius 3 is 2.29 bits per heavy atom. The lowest BCUT2D eigenvalue weighted by Gasteiger charge is -2.19. The standard InChI is InChI=1S/C18H22BrNS/c1-18(2,3)14-4-7-16(8-5-14)21-17-9-6-15(19)12-13(17)10-11-20/h4-9,12H,10-11,20H2,1-3H3. The van der Waals surface area contributed by atoms with Crippen molar-refractivity contribution in [3.63, 3.8) is 0 Å². The molecule has 2 aromatic rings. The largest absolute Gasteiger partial charge is 0.330 e. The van der Waals surface area contributed by atoms with Gasteiger partial charge in [0.05, 0.1) is 0 Å². The molecule has 0 aromatic heterocycles. The molecule has 0 atom stereocenters. The summed E-state index contributed by atoms with van der Waals surface area (Å²) in [5.41, 5.74) is 8.58. The summed E-state index contributed by atoms with van der Waals surface area (Å²) in [6.07, 6.45) is 0.905. The van der Waals surface area contributed by atoms with Crippen LogP contribution in [0.4, 0.5) is 0 Å². The first kappa shape index (κ1) is 16.6. The summed E-state index contributed by atoms with van der Waals surface area (Å²) >= 11 is 5.34. The van der Waals surface area contributed by atoms with Gasteiger partial charge in [-0.25, -0.2) is 0 Å². The molecule has 0 saturated carbocycles. The van der Waals surface area contributed by atoms with Crippen LogP contribution in [0.3, 0.4) is 0 Å². The van der Waals surface area contributed by atoms with E-state index < -0.39 is 0 Å². The lowest BCUT2D eigenvalue weighted by atomic mass is 9.87. The third-order valence-electron chi connectivity index (χ3n) is 3.38. The van der Waals surface area contributed by atoms with E-state index in [0.29, 0.717) is 6.54 Å². The zero-order chi connectivity index (χ0) is 15.5. The Morgan fingerprint density at radius 1 is 1.05 bits per heavy atom. The Balaban J connectivity index is 2.22. The van der Waals surface area contributed by atoms with Crippen molar-refractivity contribution in [3.05, 3.63) is 58.1 Å². The molecule has 0 aliphatic heterocycles. The van der Waals surface area contributed by atoms with Crippen molar-refractivity contribution in [2.45, 2.75) is 42.4 Å². The van der Waals surface area contributed by atoms with Crippen LogP contribution in [-0.2, 0) is 11.8 Å². The van der Waals surface area contributed by atoms with Crippen LogP contribution in [0.15, 0.2) is 56.7 Å². The summed E-state index contributed by atoms with van der Waals surface area (Å²) in [5.74, 6) is 0. The monoisotopic (exact) mass is 363 g/mol. The number of halogens is 1. The minimum atomic E-state index is 0.200. The molecule has 0 fully saturated rings. The number of hydrogen-bond acceptors (Lipinski definition) is 2. The van der Waals surface area contributed by atoms with Gasteiger partial charge in [0.2, 0.25) is 0 Å². The molecular weight excluding hydrogens is 342 g/mol. The van der Waals surface area contributed by atoms with Crippen molar-refractivity contribution < 1.29 is 0 Å². The Bertz CT molecular complexity index is 600. The van der Waals surface area contributed by atoms with Crippen molar-refractivity contribution in [1.82, 2.24) is 0 Å². The molecule has 0 heterocycles. The molecule has 0 radical (unpaired) electrons. The second-order valence-corrected chi connectivity index (χ2v) is 8.20. The topological polar surface area (TPSA) is 26.0 Å². The van der Waals surface area contributed by atoms with E-state index in [9.17, 15) is 0 Å². The van der Waals surface area contributed by atoms with E-state index in [1.165, 1.54) is 20.9 Å². The van der Waals surface area contributed by atoms with Gasteiger partial charge in [-0.2, -0.15) is 0 Å². The Hall–Kier alpha value is -0.770. The summed E-state index contributed by atoms with van der Waals surface area (Å²) in [6, 6.07) is 15.3. The van der Waals surface area contributed by atoms with Crippen molar-refractivity contribution in [3.8, 4) is 0 Å². The molecule has 2 rings (SSSR count). The maximum Gasteiger partial charge on any atom is 0.0178 e. The van der Waals surface area contributed by atoms with Crippen LogP contribution in [0.25, 0.3) is 0 Å². The predicted molar refractivity (Wildman–Crippen MR) is 96.2 cm³/mol. The fourth-order valence-corrected chi connectivity index (χ4v) is 3.51. The van der Waals surface area contributed by atoms with E-state index in [1.807, 2.05) is 0 Å². The predicted octanol–water partition coefficient (Wildman–Crippen LogP) is 5.40. The van der Waals surface area contributed by atoms with Crippen molar-refractivity contribution in [2.75, 3.05) is 6.54 Å². The normalized spacial score (nSPS) is 11.7. The van der Waals surface area contributed by atoms with E-state index in [-0.39, 0.29) is 5.41 Å². The summed E-state index contributed by atoms with van der Waals surface area (Å²) in [7, 11) is 0. The first-order valence-corrected chi connectivity index (χ1v) is 8.78. The minimum Gasteiger partial charge on any atom is -0.330 e. The Morgan fingerprint density at radius 2 is 1.71 bits per heavy atom. The quantitative estimate of drug-likeness (QED) is 0.786. The summed E-state index contributed by atoms with van der Waals surface area (Å²) in [4.78, 5) is 2.55. The zero-order valence-corrected chi connectivity index (χ0v) is 15.2. The molecule has 3 heteroatoms. The van der Waals surface area contributed by atoms with E-state index in [2.05, 4.69) is 79.2 Å².